The molecule has 1 fully saturated rings. The molecule has 2 N–H and O–H groups in total. The van der Waals surface area contributed by atoms with Gasteiger partial charge in [0.1, 0.15) is 5.60 Å². The molecule has 0 spiro atoms. The lowest BCUT2D eigenvalue weighted by Crippen LogP contribution is -2.42. The summed E-state index contributed by atoms with van der Waals surface area (Å²) < 4.78 is 10.2. The first kappa shape index (κ1) is 20.8. The van der Waals surface area contributed by atoms with Gasteiger partial charge in [0.05, 0.1) is 6.26 Å². The summed E-state index contributed by atoms with van der Waals surface area (Å²) in [6, 6.07) is 3.30. The van der Waals surface area contributed by atoms with Crippen LogP contribution in [0.25, 0.3) is 0 Å². The SMILES string of the molecule is CC(C)(C)OC(=O)NCCC(=O)N1CCC(CNC(=O)c2ccco2)CC1. The summed E-state index contributed by atoms with van der Waals surface area (Å²) in [7, 11) is 0. The third-order valence-electron chi connectivity index (χ3n) is 4.27. The molecule has 0 bridgehead atoms. The highest BCUT2D eigenvalue weighted by Gasteiger charge is 2.23. The van der Waals surface area contributed by atoms with Crippen LogP contribution in [-0.2, 0) is 9.53 Å². The number of piperidine rings is 1. The Morgan fingerprint density at radius 2 is 1.93 bits per heavy atom. The Morgan fingerprint density at radius 1 is 1.22 bits per heavy atom. The second kappa shape index (κ2) is 9.43. The van der Waals surface area contributed by atoms with Crippen molar-refractivity contribution < 1.29 is 23.5 Å². The maximum atomic E-state index is 12.2. The molecule has 0 unspecified atom stereocenters. The molecule has 0 radical (unpaired) electrons. The van der Waals surface area contributed by atoms with Crippen LogP contribution in [0.3, 0.4) is 0 Å². The van der Waals surface area contributed by atoms with Gasteiger partial charge in [0, 0.05) is 32.6 Å². The summed E-state index contributed by atoms with van der Waals surface area (Å²) in [4.78, 5) is 37.5. The third kappa shape index (κ3) is 7.32. The fourth-order valence-corrected chi connectivity index (χ4v) is 2.86. The van der Waals surface area contributed by atoms with Gasteiger partial charge >= 0.3 is 6.09 Å². The molecule has 1 aliphatic rings. The Labute approximate surface area is 159 Å². The van der Waals surface area contributed by atoms with Gasteiger partial charge in [-0.3, -0.25) is 9.59 Å². The molecule has 150 valence electrons. The third-order valence-corrected chi connectivity index (χ3v) is 4.27. The Kier molecular flexibility index (Phi) is 7.27. The summed E-state index contributed by atoms with van der Waals surface area (Å²) in [5.74, 6) is 0.448. The van der Waals surface area contributed by atoms with Crippen LogP contribution >= 0.6 is 0 Å². The van der Waals surface area contributed by atoms with Crippen LogP contribution in [-0.4, -0.2) is 54.6 Å². The topological polar surface area (TPSA) is 101 Å². The molecule has 27 heavy (non-hydrogen) atoms. The minimum Gasteiger partial charge on any atom is -0.459 e. The van der Waals surface area contributed by atoms with Crippen molar-refractivity contribution in [2.75, 3.05) is 26.2 Å². The fraction of sp³-hybridized carbons (Fsp3) is 0.632. The monoisotopic (exact) mass is 379 g/mol. The van der Waals surface area contributed by atoms with Gasteiger partial charge in [0.2, 0.25) is 5.91 Å². The van der Waals surface area contributed by atoms with Gasteiger partial charge in [-0.25, -0.2) is 4.79 Å². The van der Waals surface area contributed by atoms with Crippen LogP contribution in [0.2, 0.25) is 0 Å². The van der Waals surface area contributed by atoms with Crippen LogP contribution in [0.15, 0.2) is 22.8 Å². The van der Waals surface area contributed by atoms with Crippen LogP contribution in [0, 0.1) is 5.92 Å². The largest absolute Gasteiger partial charge is 0.459 e. The molecule has 1 aromatic heterocycles. The van der Waals surface area contributed by atoms with Gasteiger partial charge in [0.25, 0.3) is 5.91 Å². The highest BCUT2D eigenvalue weighted by atomic mass is 16.6. The number of furan rings is 1. The Balaban J connectivity index is 1.61. The van der Waals surface area contributed by atoms with Gasteiger partial charge in [-0.05, 0) is 51.7 Å². The average Bonchev–Trinajstić information content (AvgIpc) is 3.13. The van der Waals surface area contributed by atoms with Gasteiger partial charge in [0.15, 0.2) is 5.76 Å². The molecule has 0 aromatic carbocycles. The van der Waals surface area contributed by atoms with Crippen molar-refractivity contribution in [1.29, 1.82) is 0 Å². The summed E-state index contributed by atoms with van der Waals surface area (Å²) in [6.45, 7) is 7.52. The van der Waals surface area contributed by atoms with Crippen molar-refractivity contribution in [2.24, 2.45) is 5.92 Å². The number of likely N-dealkylation sites (tertiary alicyclic amines) is 1. The molecule has 1 aliphatic heterocycles. The van der Waals surface area contributed by atoms with E-state index >= 15 is 0 Å². The van der Waals surface area contributed by atoms with Crippen molar-refractivity contribution in [3.63, 3.8) is 0 Å². The number of hydrogen-bond donors (Lipinski definition) is 2. The Bertz CT molecular complexity index is 628. The maximum absolute atomic E-state index is 12.2. The molecule has 0 aliphatic carbocycles. The first-order valence-corrected chi connectivity index (χ1v) is 9.31. The molecule has 8 heteroatoms. The van der Waals surface area contributed by atoms with E-state index < -0.39 is 11.7 Å². The number of carbonyl (C=O) groups excluding carboxylic acids is 3. The molecule has 2 rings (SSSR count). The number of carbonyl (C=O) groups is 3. The molecular weight excluding hydrogens is 350 g/mol. The minimum atomic E-state index is -0.553. The zero-order valence-electron chi connectivity index (χ0n) is 16.2. The lowest BCUT2D eigenvalue weighted by Gasteiger charge is -2.32. The van der Waals surface area contributed by atoms with E-state index in [1.165, 1.54) is 6.26 Å². The number of hydrogen-bond acceptors (Lipinski definition) is 5. The lowest BCUT2D eigenvalue weighted by atomic mass is 9.96. The number of ether oxygens (including phenoxy) is 1. The predicted molar refractivity (Wildman–Crippen MR) is 99.2 cm³/mol. The zero-order valence-corrected chi connectivity index (χ0v) is 16.2. The Morgan fingerprint density at radius 3 is 2.52 bits per heavy atom. The van der Waals surface area contributed by atoms with Crippen molar-refractivity contribution in [3.05, 3.63) is 24.2 Å². The van der Waals surface area contributed by atoms with E-state index in [1.807, 2.05) is 4.90 Å². The average molecular weight is 379 g/mol. The molecule has 0 atom stereocenters. The van der Waals surface area contributed by atoms with E-state index in [2.05, 4.69) is 10.6 Å². The predicted octanol–water partition coefficient (Wildman–Crippen LogP) is 2.16. The summed E-state index contributed by atoms with van der Waals surface area (Å²) in [5, 5.41) is 5.47. The summed E-state index contributed by atoms with van der Waals surface area (Å²) in [5.41, 5.74) is -0.553. The number of amides is 3. The summed E-state index contributed by atoms with van der Waals surface area (Å²) in [6.07, 6.45) is 2.88. The van der Waals surface area contributed by atoms with Crippen molar-refractivity contribution >= 4 is 17.9 Å². The standard InChI is InChI=1S/C19H29N3O5/c1-19(2,3)27-18(25)20-9-6-16(23)22-10-7-14(8-11-22)13-21-17(24)15-5-4-12-26-15/h4-5,12,14H,6-11,13H2,1-3H3,(H,20,25)(H,21,24). The van der Waals surface area contributed by atoms with Crippen molar-refractivity contribution in [3.8, 4) is 0 Å². The Hall–Kier alpha value is -2.51. The number of nitrogens with one attached hydrogen (secondary N) is 2. The first-order chi connectivity index (χ1) is 12.7. The molecule has 8 nitrogen and oxygen atoms in total. The first-order valence-electron chi connectivity index (χ1n) is 9.31. The molecule has 2 heterocycles. The van der Waals surface area contributed by atoms with E-state index in [0.717, 1.165) is 12.8 Å². The molecule has 3 amide bonds. The fourth-order valence-electron chi connectivity index (χ4n) is 2.86. The quantitative estimate of drug-likeness (QED) is 0.789. The van der Waals surface area contributed by atoms with E-state index in [0.29, 0.717) is 31.3 Å². The maximum Gasteiger partial charge on any atom is 0.407 e. The smallest absolute Gasteiger partial charge is 0.407 e. The van der Waals surface area contributed by atoms with E-state index in [1.54, 1.807) is 32.9 Å². The van der Waals surface area contributed by atoms with E-state index in [-0.39, 0.29) is 24.8 Å². The number of rotatable bonds is 6. The minimum absolute atomic E-state index is 0.0177. The normalized spacial score (nSPS) is 15.3. The van der Waals surface area contributed by atoms with Crippen molar-refractivity contribution in [2.45, 2.75) is 45.6 Å². The van der Waals surface area contributed by atoms with Gasteiger partial charge in [-0.15, -0.1) is 0 Å². The van der Waals surface area contributed by atoms with Crippen LogP contribution in [0.1, 0.15) is 50.6 Å². The zero-order chi connectivity index (χ0) is 19.9. The second-order valence-corrected chi connectivity index (χ2v) is 7.69. The van der Waals surface area contributed by atoms with Gasteiger partial charge in [-0.1, -0.05) is 0 Å². The van der Waals surface area contributed by atoms with Crippen LogP contribution in [0.4, 0.5) is 4.79 Å². The summed E-state index contributed by atoms with van der Waals surface area (Å²) >= 11 is 0. The van der Waals surface area contributed by atoms with E-state index in [4.69, 9.17) is 9.15 Å². The van der Waals surface area contributed by atoms with Crippen molar-refractivity contribution in [1.82, 2.24) is 15.5 Å². The number of alkyl carbamates (subject to hydrolysis) is 1. The highest BCUT2D eigenvalue weighted by molar-refractivity contribution is 5.91. The molecular formula is C19H29N3O5. The molecule has 1 saturated heterocycles. The van der Waals surface area contributed by atoms with E-state index in [9.17, 15) is 14.4 Å². The number of nitrogens with zero attached hydrogens (tertiary/aromatic N) is 1. The highest BCUT2D eigenvalue weighted by Crippen LogP contribution is 2.17. The molecule has 0 saturated carbocycles. The van der Waals surface area contributed by atoms with Crippen LogP contribution in [0.5, 0.6) is 0 Å². The molecule has 1 aromatic rings. The van der Waals surface area contributed by atoms with Crippen LogP contribution < -0.4 is 10.6 Å². The van der Waals surface area contributed by atoms with Gasteiger partial charge < -0.3 is 24.7 Å². The van der Waals surface area contributed by atoms with Gasteiger partial charge in [-0.2, -0.15) is 0 Å². The second-order valence-electron chi connectivity index (χ2n) is 7.69. The lowest BCUT2D eigenvalue weighted by molar-refractivity contribution is -0.132.